The zero-order valence-electron chi connectivity index (χ0n) is 9.67. The average molecular weight is 235 g/mol. The topological polar surface area (TPSA) is 98.1 Å². The molecule has 1 atom stereocenters. The molecule has 1 aromatic heterocycles. The molecule has 0 saturated carbocycles. The lowest BCUT2D eigenvalue weighted by Crippen LogP contribution is -2.44. The van der Waals surface area contributed by atoms with E-state index < -0.39 is 5.91 Å². The molecule has 2 rings (SSSR count). The van der Waals surface area contributed by atoms with Gasteiger partial charge >= 0.3 is 0 Å². The summed E-state index contributed by atoms with van der Waals surface area (Å²) in [5.74, 6) is 0.211. The summed E-state index contributed by atoms with van der Waals surface area (Å²) in [4.78, 5) is 13.0. The van der Waals surface area contributed by atoms with Crippen LogP contribution in [0.3, 0.4) is 0 Å². The van der Waals surface area contributed by atoms with Gasteiger partial charge in [0.1, 0.15) is 0 Å². The lowest BCUT2D eigenvalue weighted by atomic mass is 10.0. The van der Waals surface area contributed by atoms with Crippen molar-refractivity contribution in [1.82, 2.24) is 10.2 Å². The van der Waals surface area contributed by atoms with Gasteiger partial charge < -0.3 is 16.4 Å². The van der Waals surface area contributed by atoms with E-state index in [1.165, 1.54) is 6.42 Å². The van der Waals surface area contributed by atoms with E-state index in [9.17, 15) is 4.79 Å². The monoisotopic (exact) mass is 235 g/mol. The Morgan fingerprint density at radius 2 is 2.24 bits per heavy atom. The van der Waals surface area contributed by atoms with Crippen LogP contribution in [-0.4, -0.2) is 35.2 Å². The van der Waals surface area contributed by atoms with Crippen molar-refractivity contribution >= 4 is 11.7 Å². The van der Waals surface area contributed by atoms with Crippen molar-refractivity contribution in [2.75, 3.05) is 18.0 Å². The molecule has 0 bridgehead atoms. The average Bonchev–Trinajstić information content (AvgIpc) is 2.39. The number of nitrogens with zero attached hydrogens (tertiary/aromatic N) is 3. The van der Waals surface area contributed by atoms with Crippen LogP contribution in [0.25, 0.3) is 0 Å². The predicted octanol–water partition coefficient (Wildman–Crippen LogP) is -0.107. The molecular weight excluding hydrogens is 218 g/mol. The number of rotatable bonds is 3. The molecule has 4 N–H and O–H groups in total. The smallest absolute Gasteiger partial charge is 0.269 e. The molecule has 1 aliphatic heterocycles. The van der Waals surface area contributed by atoms with E-state index in [0.717, 1.165) is 25.2 Å². The molecule has 1 amide bonds. The molecule has 1 fully saturated rings. The molecule has 0 spiro atoms. The highest BCUT2D eigenvalue weighted by Gasteiger charge is 2.22. The molecular formula is C11H17N5O. The Kier molecular flexibility index (Phi) is 3.53. The maximum absolute atomic E-state index is 10.9. The standard InChI is InChI=1S/C11H17N5O/c12-7-8-3-1-2-6-16(8)10-5-4-9(11(13)17)14-15-10/h4-5,8H,1-3,6-7,12H2,(H2,13,17). The van der Waals surface area contributed by atoms with Crippen molar-refractivity contribution in [2.24, 2.45) is 11.5 Å². The molecule has 1 unspecified atom stereocenters. The lowest BCUT2D eigenvalue weighted by molar-refractivity contribution is 0.0994. The minimum atomic E-state index is -0.557. The van der Waals surface area contributed by atoms with E-state index in [0.29, 0.717) is 12.6 Å². The minimum absolute atomic E-state index is 0.190. The number of nitrogens with two attached hydrogens (primary N) is 2. The van der Waals surface area contributed by atoms with E-state index in [4.69, 9.17) is 11.5 Å². The van der Waals surface area contributed by atoms with Crippen LogP contribution in [0.15, 0.2) is 12.1 Å². The largest absolute Gasteiger partial charge is 0.364 e. The molecule has 1 saturated heterocycles. The Labute approximate surface area is 100.0 Å². The second-order valence-corrected chi connectivity index (χ2v) is 4.22. The molecule has 1 aliphatic rings. The first-order valence-corrected chi connectivity index (χ1v) is 5.82. The van der Waals surface area contributed by atoms with Crippen molar-refractivity contribution in [3.63, 3.8) is 0 Å². The van der Waals surface area contributed by atoms with Crippen molar-refractivity contribution in [1.29, 1.82) is 0 Å². The molecule has 92 valence electrons. The molecule has 0 aromatic carbocycles. The summed E-state index contributed by atoms with van der Waals surface area (Å²) in [6, 6.07) is 3.70. The van der Waals surface area contributed by atoms with Crippen LogP contribution < -0.4 is 16.4 Å². The fourth-order valence-corrected chi connectivity index (χ4v) is 2.16. The van der Waals surface area contributed by atoms with Crippen LogP contribution in [0.5, 0.6) is 0 Å². The quantitative estimate of drug-likeness (QED) is 0.762. The minimum Gasteiger partial charge on any atom is -0.364 e. The van der Waals surface area contributed by atoms with Gasteiger partial charge in [-0.05, 0) is 31.4 Å². The van der Waals surface area contributed by atoms with Gasteiger partial charge in [0, 0.05) is 19.1 Å². The third-order valence-corrected chi connectivity index (χ3v) is 3.10. The van der Waals surface area contributed by atoms with E-state index in [-0.39, 0.29) is 5.69 Å². The molecule has 6 nitrogen and oxygen atoms in total. The maximum Gasteiger partial charge on any atom is 0.269 e. The van der Waals surface area contributed by atoms with Gasteiger partial charge in [-0.2, -0.15) is 0 Å². The van der Waals surface area contributed by atoms with Crippen LogP contribution in [-0.2, 0) is 0 Å². The van der Waals surface area contributed by atoms with Crippen LogP contribution >= 0.6 is 0 Å². The highest BCUT2D eigenvalue weighted by atomic mass is 16.1. The van der Waals surface area contributed by atoms with Crippen LogP contribution in [0.2, 0.25) is 0 Å². The van der Waals surface area contributed by atoms with E-state index in [2.05, 4.69) is 15.1 Å². The number of carbonyl (C=O) groups is 1. The highest BCUT2D eigenvalue weighted by Crippen LogP contribution is 2.21. The van der Waals surface area contributed by atoms with Gasteiger partial charge in [0.05, 0.1) is 0 Å². The zero-order valence-corrected chi connectivity index (χ0v) is 9.67. The van der Waals surface area contributed by atoms with E-state index in [1.54, 1.807) is 12.1 Å². The third-order valence-electron chi connectivity index (χ3n) is 3.10. The molecule has 0 radical (unpaired) electrons. The van der Waals surface area contributed by atoms with Crippen LogP contribution in [0, 0.1) is 0 Å². The van der Waals surface area contributed by atoms with Crippen molar-refractivity contribution in [3.8, 4) is 0 Å². The first-order valence-electron chi connectivity index (χ1n) is 5.82. The predicted molar refractivity (Wildman–Crippen MR) is 64.6 cm³/mol. The number of hydrogen-bond acceptors (Lipinski definition) is 5. The number of anilines is 1. The molecule has 0 aliphatic carbocycles. The van der Waals surface area contributed by atoms with Gasteiger partial charge in [-0.15, -0.1) is 10.2 Å². The molecule has 6 heteroatoms. The second kappa shape index (κ2) is 5.09. The Morgan fingerprint density at radius 1 is 1.41 bits per heavy atom. The van der Waals surface area contributed by atoms with Crippen LogP contribution in [0.4, 0.5) is 5.82 Å². The van der Waals surface area contributed by atoms with Crippen molar-refractivity contribution in [2.45, 2.75) is 25.3 Å². The third kappa shape index (κ3) is 2.52. The second-order valence-electron chi connectivity index (χ2n) is 4.22. The van der Waals surface area contributed by atoms with Crippen molar-refractivity contribution in [3.05, 3.63) is 17.8 Å². The number of aromatic nitrogens is 2. The Bertz CT molecular complexity index is 391. The number of primary amides is 1. The van der Waals surface area contributed by atoms with Crippen LogP contribution in [0.1, 0.15) is 29.8 Å². The fraction of sp³-hybridized carbons (Fsp3) is 0.545. The molecule has 2 heterocycles. The van der Waals surface area contributed by atoms with Crippen molar-refractivity contribution < 1.29 is 4.79 Å². The SMILES string of the molecule is NCC1CCCCN1c1ccc(C(N)=O)nn1. The summed E-state index contributed by atoms with van der Waals surface area (Å²) < 4.78 is 0. The fourth-order valence-electron chi connectivity index (χ4n) is 2.16. The normalized spacial score (nSPS) is 20.3. The first-order chi connectivity index (χ1) is 8.22. The number of amides is 1. The van der Waals surface area contributed by atoms with E-state index >= 15 is 0 Å². The van der Waals surface area contributed by atoms with Gasteiger partial charge in [0.25, 0.3) is 5.91 Å². The summed E-state index contributed by atoms with van der Waals surface area (Å²) in [7, 11) is 0. The summed E-state index contributed by atoms with van der Waals surface area (Å²) in [6.45, 7) is 1.55. The maximum atomic E-state index is 10.9. The number of carbonyl (C=O) groups excluding carboxylic acids is 1. The number of hydrogen-bond donors (Lipinski definition) is 2. The van der Waals surface area contributed by atoms with Gasteiger partial charge in [-0.25, -0.2) is 0 Å². The van der Waals surface area contributed by atoms with Gasteiger partial charge in [-0.1, -0.05) is 0 Å². The highest BCUT2D eigenvalue weighted by molar-refractivity contribution is 5.90. The van der Waals surface area contributed by atoms with Gasteiger partial charge in [-0.3, -0.25) is 4.79 Å². The summed E-state index contributed by atoms with van der Waals surface area (Å²) in [5, 5.41) is 7.86. The summed E-state index contributed by atoms with van der Waals surface area (Å²) >= 11 is 0. The molecule has 1 aromatic rings. The van der Waals surface area contributed by atoms with Gasteiger partial charge in [0.15, 0.2) is 11.5 Å². The Balaban J connectivity index is 2.17. The Morgan fingerprint density at radius 3 is 2.82 bits per heavy atom. The van der Waals surface area contributed by atoms with E-state index in [1.807, 2.05) is 0 Å². The summed E-state index contributed by atoms with van der Waals surface area (Å²) in [5.41, 5.74) is 11.1. The Hall–Kier alpha value is -1.69. The number of piperidine rings is 1. The first kappa shape index (κ1) is 11.8. The molecule has 17 heavy (non-hydrogen) atoms. The zero-order chi connectivity index (χ0) is 12.3. The van der Waals surface area contributed by atoms with Gasteiger partial charge in [0.2, 0.25) is 0 Å². The lowest BCUT2D eigenvalue weighted by Gasteiger charge is -2.35. The summed E-state index contributed by atoms with van der Waals surface area (Å²) in [6.07, 6.45) is 3.41.